The van der Waals surface area contributed by atoms with Crippen LogP contribution >= 0.6 is 11.8 Å². The highest BCUT2D eigenvalue weighted by atomic mass is 32.2. The first-order valence-corrected chi connectivity index (χ1v) is 7.76. The molecule has 0 fully saturated rings. The van der Waals surface area contributed by atoms with Crippen LogP contribution in [0.25, 0.3) is 0 Å². The van der Waals surface area contributed by atoms with Crippen LogP contribution in [0.3, 0.4) is 0 Å². The standard InChI is InChI=1S/C14H17N3O3S/c1-18-7-6-15-8-13-16-14(17-20-13)11-9-21-12-5-3-2-4-10(12)19-11/h2-5,11,15H,6-9H2,1H3. The van der Waals surface area contributed by atoms with Gasteiger partial charge in [-0.25, -0.2) is 0 Å². The minimum absolute atomic E-state index is 0.165. The zero-order valence-corrected chi connectivity index (χ0v) is 12.6. The summed E-state index contributed by atoms with van der Waals surface area (Å²) in [7, 11) is 1.67. The molecule has 1 aromatic carbocycles. The SMILES string of the molecule is COCCNCc1nc(C2CSc3ccccc3O2)no1. The highest BCUT2D eigenvalue weighted by Gasteiger charge is 2.25. The molecule has 3 rings (SSSR count). The van der Waals surface area contributed by atoms with Gasteiger partial charge in [0.2, 0.25) is 11.7 Å². The third kappa shape index (κ3) is 3.55. The third-order valence-corrected chi connectivity index (χ3v) is 4.16. The van der Waals surface area contributed by atoms with E-state index in [-0.39, 0.29) is 6.10 Å². The van der Waals surface area contributed by atoms with Gasteiger partial charge in [-0.2, -0.15) is 4.98 Å². The molecule has 0 bridgehead atoms. The van der Waals surface area contributed by atoms with Crippen LogP contribution in [-0.4, -0.2) is 36.2 Å². The van der Waals surface area contributed by atoms with Crippen LogP contribution in [0, 0.1) is 0 Å². The maximum Gasteiger partial charge on any atom is 0.240 e. The third-order valence-electron chi connectivity index (χ3n) is 3.04. The van der Waals surface area contributed by atoms with Crippen LogP contribution in [0.1, 0.15) is 17.8 Å². The van der Waals surface area contributed by atoms with Gasteiger partial charge in [-0.05, 0) is 12.1 Å². The fraction of sp³-hybridized carbons (Fsp3) is 0.429. The molecule has 0 spiro atoms. The molecule has 6 nitrogen and oxygen atoms in total. The molecule has 2 aromatic rings. The minimum Gasteiger partial charge on any atom is -0.480 e. The lowest BCUT2D eigenvalue weighted by Gasteiger charge is -2.22. The van der Waals surface area contributed by atoms with Gasteiger partial charge in [-0.15, -0.1) is 11.8 Å². The van der Waals surface area contributed by atoms with E-state index in [1.807, 2.05) is 18.2 Å². The predicted octanol–water partition coefficient (Wildman–Crippen LogP) is 2.03. The summed E-state index contributed by atoms with van der Waals surface area (Å²) in [5.74, 6) is 2.82. The summed E-state index contributed by atoms with van der Waals surface area (Å²) in [6.45, 7) is 1.93. The number of nitrogens with one attached hydrogen (secondary N) is 1. The number of thioether (sulfide) groups is 1. The van der Waals surface area contributed by atoms with Crippen LogP contribution in [-0.2, 0) is 11.3 Å². The van der Waals surface area contributed by atoms with E-state index in [9.17, 15) is 0 Å². The molecular weight excluding hydrogens is 290 g/mol. The fourth-order valence-corrected chi connectivity index (χ4v) is 2.97. The second-order valence-electron chi connectivity index (χ2n) is 4.58. The van der Waals surface area contributed by atoms with Crippen molar-refractivity contribution in [2.24, 2.45) is 0 Å². The average molecular weight is 307 g/mol. The normalized spacial score (nSPS) is 17.3. The summed E-state index contributed by atoms with van der Waals surface area (Å²) in [6, 6.07) is 7.98. The Balaban J connectivity index is 1.59. The Morgan fingerprint density at radius 2 is 2.33 bits per heavy atom. The molecule has 1 unspecified atom stereocenters. The molecule has 0 saturated carbocycles. The van der Waals surface area contributed by atoms with E-state index in [2.05, 4.69) is 21.5 Å². The van der Waals surface area contributed by atoms with E-state index in [0.29, 0.717) is 24.9 Å². The quantitative estimate of drug-likeness (QED) is 0.819. The van der Waals surface area contributed by atoms with Crippen molar-refractivity contribution in [3.8, 4) is 5.75 Å². The molecule has 0 saturated heterocycles. The molecule has 1 aliphatic heterocycles. The number of hydrogen-bond acceptors (Lipinski definition) is 7. The number of benzene rings is 1. The zero-order valence-electron chi connectivity index (χ0n) is 11.7. The van der Waals surface area contributed by atoms with Gasteiger partial charge in [0, 0.05) is 24.3 Å². The van der Waals surface area contributed by atoms with E-state index in [1.165, 1.54) is 0 Å². The van der Waals surface area contributed by atoms with Crippen LogP contribution in [0.2, 0.25) is 0 Å². The molecule has 0 radical (unpaired) electrons. The highest BCUT2D eigenvalue weighted by Crippen LogP contribution is 2.39. The number of methoxy groups -OCH3 is 1. The number of fused-ring (bicyclic) bond motifs is 1. The highest BCUT2D eigenvalue weighted by molar-refractivity contribution is 7.99. The molecule has 0 aliphatic carbocycles. The predicted molar refractivity (Wildman–Crippen MR) is 78.4 cm³/mol. The van der Waals surface area contributed by atoms with E-state index in [1.54, 1.807) is 18.9 Å². The van der Waals surface area contributed by atoms with Crippen LogP contribution in [0.4, 0.5) is 0 Å². The molecule has 1 N–H and O–H groups in total. The Kier molecular flexibility index (Phi) is 4.74. The number of hydrogen-bond donors (Lipinski definition) is 1. The zero-order chi connectivity index (χ0) is 14.5. The van der Waals surface area contributed by atoms with Gasteiger partial charge in [0.15, 0.2) is 6.10 Å². The molecule has 21 heavy (non-hydrogen) atoms. The first-order chi connectivity index (χ1) is 10.4. The Morgan fingerprint density at radius 1 is 1.43 bits per heavy atom. The van der Waals surface area contributed by atoms with Gasteiger partial charge in [0.25, 0.3) is 0 Å². The van der Waals surface area contributed by atoms with Crippen molar-refractivity contribution < 1.29 is 14.0 Å². The molecular formula is C14H17N3O3S. The monoisotopic (exact) mass is 307 g/mol. The van der Waals surface area contributed by atoms with Crippen molar-refractivity contribution in [3.05, 3.63) is 36.0 Å². The second kappa shape index (κ2) is 6.93. The molecule has 0 amide bonds. The minimum atomic E-state index is -0.165. The summed E-state index contributed by atoms with van der Waals surface area (Å²) in [4.78, 5) is 5.54. The summed E-state index contributed by atoms with van der Waals surface area (Å²) in [6.07, 6.45) is -0.165. The average Bonchev–Trinajstić information content (AvgIpc) is 3.00. The lowest BCUT2D eigenvalue weighted by atomic mass is 10.3. The maximum absolute atomic E-state index is 5.93. The van der Waals surface area contributed by atoms with Gasteiger partial charge in [0.1, 0.15) is 5.75 Å². The molecule has 1 aromatic heterocycles. The van der Waals surface area contributed by atoms with Crippen molar-refractivity contribution in [2.45, 2.75) is 17.5 Å². The lowest BCUT2D eigenvalue weighted by molar-refractivity contribution is 0.197. The molecule has 1 aliphatic rings. The van der Waals surface area contributed by atoms with E-state index in [4.69, 9.17) is 14.0 Å². The van der Waals surface area contributed by atoms with Gasteiger partial charge in [0.05, 0.1) is 13.2 Å². The van der Waals surface area contributed by atoms with E-state index < -0.39 is 0 Å². The number of nitrogens with zero attached hydrogens (tertiary/aromatic N) is 2. The molecule has 1 atom stereocenters. The van der Waals surface area contributed by atoms with Crippen molar-refractivity contribution in [3.63, 3.8) is 0 Å². The molecule has 112 valence electrons. The van der Waals surface area contributed by atoms with Gasteiger partial charge < -0.3 is 19.3 Å². The Bertz CT molecular complexity index is 590. The summed E-state index contributed by atoms with van der Waals surface area (Å²) in [5.41, 5.74) is 0. The van der Waals surface area contributed by atoms with E-state index >= 15 is 0 Å². The van der Waals surface area contributed by atoms with Crippen molar-refractivity contribution in [1.29, 1.82) is 0 Å². The number of aromatic nitrogens is 2. The first-order valence-electron chi connectivity index (χ1n) is 6.77. The summed E-state index contributed by atoms with van der Waals surface area (Å²) in [5, 5.41) is 7.18. The Hall–Kier alpha value is -1.57. The van der Waals surface area contributed by atoms with Gasteiger partial charge >= 0.3 is 0 Å². The van der Waals surface area contributed by atoms with Crippen LogP contribution in [0.5, 0.6) is 5.75 Å². The maximum atomic E-state index is 5.93. The number of rotatable bonds is 6. The first kappa shape index (κ1) is 14.4. The van der Waals surface area contributed by atoms with E-state index in [0.717, 1.165) is 22.9 Å². The second-order valence-corrected chi connectivity index (χ2v) is 5.64. The summed E-state index contributed by atoms with van der Waals surface area (Å²) >= 11 is 1.75. The van der Waals surface area contributed by atoms with Crippen LogP contribution < -0.4 is 10.1 Å². The van der Waals surface area contributed by atoms with Crippen LogP contribution in [0.15, 0.2) is 33.7 Å². The number of para-hydroxylation sites is 1. The molecule has 7 heteroatoms. The fourth-order valence-electron chi connectivity index (χ4n) is 1.99. The van der Waals surface area contributed by atoms with Crippen molar-refractivity contribution in [2.75, 3.05) is 26.0 Å². The number of ether oxygens (including phenoxy) is 2. The van der Waals surface area contributed by atoms with Crippen molar-refractivity contribution >= 4 is 11.8 Å². The summed E-state index contributed by atoms with van der Waals surface area (Å²) < 4.78 is 16.1. The smallest absolute Gasteiger partial charge is 0.240 e. The Morgan fingerprint density at radius 3 is 3.24 bits per heavy atom. The lowest BCUT2D eigenvalue weighted by Crippen LogP contribution is -2.19. The van der Waals surface area contributed by atoms with Crippen molar-refractivity contribution in [1.82, 2.24) is 15.5 Å². The molecule has 2 heterocycles. The van der Waals surface area contributed by atoms with Gasteiger partial charge in [-0.3, -0.25) is 0 Å². The Labute approximate surface area is 127 Å². The van der Waals surface area contributed by atoms with Gasteiger partial charge in [-0.1, -0.05) is 17.3 Å². The largest absolute Gasteiger partial charge is 0.480 e. The topological polar surface area (TPSA) is 69.4 Å².